The van der Waals surface area contributed by atoms with E-state index in [1.165, 1.54) is 29.5 Å². The summed E-state index contributed by atoms with van der Waals surface area (Å²) in [5, 5.41) is 2.43. The highest BCUT2D eigenvalue weighted by Crippen LogP contribution is 2.25. The van der Waals surface area contributed by atoms with Gasteiger partial charge >= 0.3 is 5.97 Å². The maximum atomic E-state index is 13.0. The molecule has 1 aliphatic rings. The maximum Gasteiger partial charge on any atom is 0.343 e. The first-order valence-electron chi connectivity index (χ1n) is 11.7. The molecule has 0 atom stereocenters. The topological polar surface area (TPSA) is 73.7 Å². The lowest BCUT2D eigenvalue weighted by molar-refractivity contribution is 0.0592. The van der Waals surface area contributed by atoms with E-state index >= 15 is 0 Å². The zero-order valence-electron chi connectivity index (χ0n) is 19.6. The van der Waals surface area contributed by atoms with Gasteiger partial charge in [-0.05, 0) is 40.1 Å². The molecule has 7 heteroatoms. The lowest BCUT2D eigenvalue weighted by Crippen LogP contribution is -2.29. The van der Waals surface area contributed by atoms with Crippen LogP contribution >= 0.6 is 0 Å². The van der Waals surface area contributed by atoms with Gasteiger partial charge in [0.05, 0.1) is 7.11 Å². The molecule has 178 valence electrons. The van der Waals surface area contributed by atoms with Gasteiger partial charge in [-0.3, -0.25) is 14.7 Å². The Bertz CT molecular complexity index is 1420. The van der Waals surface area contributed by atoms with Crippen molar-refractivity contribution in [1.29, 1.82) is 0 Å². The molecule has 0 fully saturated rings. The molecule has 0 aliphatic carbocycles. The molecule has 1 aliphatic heterocycles. The summed E-state index contributed by atoms with van der Waals surface area (Å²) >= 11 is 0. The number of ether oxygens (including phenoxy) is 2. The number of benzene rings is 2. The van der Waals surface area contributed by atoms with E-state index in [0.717, 1.165) is 12.1 Å². The number of aromatic nitrogens is 2. The molecule has 2 aromatic heterocycles. The molecule has 0 N–H and O–H groups in total. The van der Waals surface area contributed by atoms with E-state index in [1.54, 1.807) is 17.0 Å². The maximum absolute atomic E-state index is 13.0. The Morgan fingerprint density at radius 3 is 2.54 bits per heavy atom. The van der Waals surface area contributed by atoms with Crippen molar-refractivity contribution in [2.24, 2.45) is 0 Å². The molecule has 0 amide bonds. The molecular weight excluding hydrogens is 442 g/mol. The van der Waals surface area contributed by atoms with E-state index in [0.29, 0.717) is 37.3 Å². The number of pyridine rings is 2. The number of methoxy groups -OCH3 is 1. The Kier molecular flexibility index (Phi) is 6.59. The summed E-state index contributed by atoms with van der Waals surface area (Å²) in [5.74, 6) is -0.241. The fraction of sp³-hybridized carbons (Fsp3) is 0.250. The van der Waals surface area contributed by atoms with Gasteiger partial charge in [0.1, 0.15) is 17.9 Å². The van der Waals surface area contributed by atoms with Gasteiger partial charge in [-0.25, -0.2) is 4.79 Å². The summed E-state index contributed by atoms with van der Waals surface area (Å²) in [6, 6.07) is 19.9. The molecule has 0 spiro atoms. The van der Waals surface area contributed by atoms with E-state index < -0.39 is 5.97 Å². The van der Waals surface area contributed by atoms with Crippen LogP contribution in [0.1, 0.15) is 27.2 Å². The number of rotatable bonds is 6. The van der Waals surface area contributed by atoms with Gasteiger partial charge in [0, 0.05) is 56.8 Å². The molecule has 3 heterocycles. The van der Waals surface area contributed by atoms with Gasteiger partial charge in [0.2, 0.25) is 0 Å². The van der Waals surface area contributed by atoms with Crippen LogP contribution in [0.4, 0.5) is 0 Å². The quantitative estimate of drug-likeness (QED) is 0.400. The minimum atomic E-state index is -0.499. The van der Waals surface area contributed by atoms with Crippen LogP contribution in [0.25, 0.3) is 10.8 Å². The second-order valence-corrected chi connectivity index (χ2v) is 8.66. The smallest absolute Gasteiger partial charge is 0.343 e. The molecule has 0 bridgehead atoms. The van der Waals surface area contributed by atoms with E-state index in [9.17, 15) is 9.59 Å². The van der Waals surface area contributed by atoms with Crippen molar-refractivity contribution in [3.8, 4) is 5.75 Å². The van der Waals surface area contributed by atoms with Crippen molar-refractivity contribution in [2.45, 2.75) is 26.1 Å². The third-order valence-electron chi connectivity index (χ3n) is 6.44. The Balaban J connectivity index is 1.40. The van der Waals surface area contributed by atoms with E-state index in [-0.39, 0.29) is 17.9 Å². The molecule has 7 nitrogen and oxygen atoms in total. The lowest BCUT2D eigenvalue weighted by Gasteiger charge is -2.19. The van der Waals surface area contributed by atoms with Crippen molar-refractivity contribution in [2.75, 3.05) is 20.2 Å². The lowest BCUT2D eigenvalue weighted by atomic mass is 10.1. The number of nitrogens with zero attached hydrogens (tertiary/aromatic N) is 3. The molecule has 5 rings (SSSR count). The fourth-order valence-corrected chi connectivity index (χ4v) is 4.62. The number of carbonyl (C=O) groups excluding carboxylic acids is 1. The van der Waals surface area contributed by atoms with Crippen LogP contribution in [-0.2, 0) is 30.9 Å². The van der Waals surface area contributed by atoms with Crippen LogP contribution in [0.3, 0.4) is 0 Å². The van der Waals surface area contributed by atoms with Crippen LogP contribution in [0.15, 0.2) is 77.9 Å². The van der Waals surface area contributed by atoms with Crippen LogP contribution < -0.4 is 10.3 Å². The highest BCUT2D eigenvalue weighted by atomic mass is 16.5. The summed E-state index contributed by atoms with van der Waals surface area (Å²) in [5.41, 5.74) is 2.93. The van der Waals surface area contributed by atoms with Gasteiger partial charge in [-0.15, -0.1) is 0 Å². The van der Waals surface area contributed by atoms with Crippen LogP contribution in [0, 0.1) is 0 Å². The molecule has 0 saturated carbocycles. The zero-order valence-corrected chi connectivity index (χ0v) is 19.6. The number of hydrogen-bond donors (Lipinski definition) is 0. The second kappa shape index (κ2) is 10.1. The van der Waals surface area contributed by atoms with Crippen molar-refractivity contribution in [1.82, 2.24) is 14.5 Å². The Morgan fingerprint density at radius 1 is 0.943 bits per heavy atom. The molecule has 0 saturated heterocycles. The average Bonchev–Trinajstić information content (AvgIpc) is 3.10. The highest BCUT2D eigenvalue weighted by Gasteiger charge is 2.26. The number of fused-ring (bicyclic) bond motifs is 2. The SMILES string of the molecule is COC(=O)c1c(OCc2ccncc2)cc(=O)n2c1CCN(Cc1ccc3ccccc3c1)CC2. The average molecular weight is 470 g/mol. The summed E-state index contributed by atoms with van der Waals surface area (Å²) in [6.07, 6.45) is 3.89. The van der Waals surface area contributed by atoms with Gasteiger partial charge in [0.15, 0.2) is 0 Å². The molecule has 0 unspecified atom stereocenters. The third-order valence-corrected chi connectivity index (χ3v) is 6.44. The Morgan fingerprint density at radius 2 is 1.74 bits per heavy atom. The van der Waals surface area contributed by atoms with Crippen molar-refractivity contribution >= 4 is 16.7 Å². The highest BCUT2D eigenvalue weighted by molar-refractivity contribution is 5.93. The Labute approximate surface area is 203 Å². The number of esters is 1. The van der Waals surface area contributed by atoms with Crippen LogP contribution in [-0.4, -0.2) is 40.6 Å². The van der Waals surface area contributed by atoms with Gasteiger partial charge < -0.3 is 14.0 Å². The second-order valence-electron chi connectivity index (χ2n) is 8.66. The minimum Gasteiger partial charge on any atom is -0.488 e. The first-order valence-corrected chi connectivity index (χ1v) is 11.7. The third kappa shape index (κ3) is 4.95. The first kappa shape index (κ1) is 22.8. The van der Waals surface area contributed by atoms with E-state index in [2.05, 4.69) is 40.2 Å². The molecule has 2 aromatic carbocycles. The number of hydrogen-bond acceptors (Lipinski definition) is 6. The van der Waals surface area contributed by atoms with Crippen molar-refractivity contribution in [3.05, 3.63) is 106 Å². The van der Waals surface area contributed by atoms with Gasteiger partial charge in [-0.1, -0.05) is 36.4 Å². The molecular formula is C28H27N3O4. The van der Waals surface area contributed by atoms with Crippen LogP contribution in [0.2, 0.25) is 0 Å². The van der Waals surface area contributed by atoms with Gasteiger partial charge in [0.25, 0.3) is 5.56 Å². The summed E-state index contributed by atoms with van der Waals surface area (Å²) < 4.78 is 12.7. The monoisotopic (exact) mass is 469 g/mol. The fourth-order valence-electron chi connectivity index (χ4n) is 4.62. The zero-order chi connectivity index (χ0) is 24.2. The molecule has 4 aromatic rings. The van der Waals surface area contributed by atoms with Gasteiger partial charge in [-0.2, -0.15) is 0 Å². The Hall–Kier alpha value is -3.97. The predicted octanol–water partition coefficient (Wildman–Crippen LogP) is 3.82. The molecule has 35 heavy (non-hydrogen) atoms. The van der Waals surface area contributed by atoms with Crippen molar-refractivity contribution < 1.29 is 14.3 Å². The van der Waals surface area contributed by atoms with Crippen LogP contribution in [0.5, 0.6) is 5.75 Å². The van der Waals surface area contributed by atoms with E-state index in [1.807, 2.05) is 24.3 Å². The molecule has 0 radical (unpaired) electrons. The minimum absolute atomic E-state index is 0.176. The number of carbonyl (C=O) groups is 1. The predicted molar refractivity (Wildman–Crippen MR) is 134 cm³/mol. The summed E-state index contributed by atoms with van der Waals surface area (Å²) in [6.45, 7) is 2.91. The van der Waals surface area contributed by atoms with E-state index in [4.69, 9.17) is 9.47 Å². The summed E-state index contributed by atoms with van der Waals surface area (Å²) in [4.78, 5) is 32.1. The largest absolute Gasteiger partial charge is 0.488 e. The summed E-state index contributed by atoms with van der Waals surface area (Å²) in [7, 11) is 1.35. The normalized spacial score (nSPS) is 13.7. The standard InChI is InChI=1S/C28H27N3O4/c1-34-28(33)27-24-10-13-30(18-21-6-7-22-4-2-3-5-23(22)16-21)14-15-31(24)26(32)17-25(27)35-19-20-8-11-29-12-9-20/h2-9,11-12,16-17H,10,13-15,18-19H2,1H3. The first-order chi connectivity index (χ1) is 17.1. The van der Waals surface area contributed by atoms with Crippen molar-refractivity contribution in [3.63, 3.8) is 0 Å².